The Morgan fingerprint density at radius 3 is 2.12 bits per heavy atom. The first-order valence-corrected chi connectivity index (χ1v) is 7.35. The second-order valence-corrected chi connectivity index (χ2v) is 6.72. The van der Waals surface area contributed by atoms with Crippen LogP contribution in [-0.4, -0.2) is 12.6 Å². The first-order valence-electron chi connectivity index (χ1n) is 7.35. The van der Waals surface area contributed by atoms with Gasteiger partial charge in [-0.05, 0) is 75.0 Å². The summed E-state index contributed by atoms with van der Waals surface area (Å²) >= 11 is 0. The number of rotatable bonds is 4. The molecule has 4 saturated carbocycles. The van der Waals surface area contributed by atoms with Gasteiger partial charge in [-0.1, -0.05) is 0 Å². The van der Waals surface area contributed by atoms with Crippen molar-refractivity contribution in [2.24, 2.45) is 23.2 Å². The molecule has 0 aromatic rings. The molecular formula is C15H24O2. The minimum absolute atomic E-state index is 0.0169. The maximum Gasteiger partial charge on any atom is 0.305 e. The fraction of sp³-hybridized carbons (Fsp3) is 0.933. The summed E-state index contributed by atoms with van der Waals surface area (Å²) in [4.78, 5) is 11.5. The molecule has 4 aliphatic carbocycles. The highest BCUT2D eigenvalue weighted by atomic mass is 16.5. The molecule has 4 aliphatic rings. The first kappa shape index (κ1) is 11.6. The standard InChI is InChI=1S/C15H24O2/c1-2-17-14(16)3-4-15-8-11-5-12(9-15)7-13(6-11)10-15/h11-13H,2-10H2,1H3. The lowest BCUT2D eigenvalue weighted by Gasteiger charge is -2.57. The Bertz CT molecular complexity index is 273. The molecular weight excluding hydrogens is 212 g/mol. The third-order valence-corrected chi connectivity index (χ3v) is 5.33. The van der Waals surface area contributed by atoms with E-state index in [1.807, 2.05) is 6.92 Å². The Morgan fingerprint density at radius 2 is 1.65 bits per heavy atom. The van der Waals surface area contributed by atoms with Crippen molar-refractivity contribution in [1.82, 2.24) is 0 Å². The van der Waals surface area contributed by atoms with E-state index in [1.165, 1.54) is 38.5 Å². The normalized spacial score (nSPS) is 42.8. The molecule has 0 spiro atoms. The lowest BCUT2D eigenvalue weighted by molar-refractivity contribution is -0.145. The van der Waals surface area contributed by atoms with Crippen molar-refractivity contribution >= 4 is 5.97 Å². The van der Waals surface area contributed by atoms with Crippen LogP contribution < -0.4 is 0 Å². The van der Waals surface area contributed by atoms with Gasteiger partial charge in [-0.2, -0.15) is 0 Å². The van der Waals surface area contributed by atoms with Crippen molar-refractivity contribution in [2.75, 3.05) is 6.61 Å². The maximum atomic E-state index is 11.5. The molecule has 0 atom stereocenters. The van der Waals surface area contributed by atoms with Gasteiger partial charge in [0.2, 0.25) is 0 Å². The van der Waals surface area contributed by atoms with Crippen molar-refractivity contribution in [1.29, 1.82) is 0 Å². The van der Waals surface area contributed by atoms with Crippen LogP contribution in [0, 0.1) is 23.2 Å². The van der Waals surface area contributed by atoms with E-state index in [4.69, 9.17) is 4.74 Å². The average Bonchev–Trinajstić information content (AvgIpc) is 2.25. The van der Waals surface area contributed by atoms with Crippen LogP contribution in [-0.2, 0) is 9.53 Å². The molecule has 0 N–H and O–H groups in total. The van der Waals surface area contributed by atoms with Gasteiger partial charge in [-0.3, -0.25) is 4.79 Å². The highest BCUT2D eigenvalue weighted by molar-refractivity contribution is 5.69. The Kier molecular flexibility index (Phi) is 2.92. The van der Waals surface area contributed by atoms with Crippen LogP contribution in [0.15, 0.2) is 0 Å². The number of hydrogen-bond donors (Lipinski definition) is 0. The van der Waals surface area contributed by atoms with Crippen molar-refractivity contribution < 1.29 is 9.53 Å². The van der Waals surface area contributed by atoms with Crippen molar-refractivity contribution in [3.63, 3.8) is 0 Å². The predicted molar refractivity (Wildman–Crippen MR) is 66.5 cm³/mol. The van der Waals surface area contributed by atoms with Gasteiger partial charge >= 0.3 is 5.97 Å². The zero-order valence-corrected chi connectivity index (χ0v) is 10.9. The molecule has 0 aromatic carbocycles. The van der Waals surface area contributed by atoms with Gasteiger partial charge < -0.3 is 4.74 Å². The average molecular weight is 236 g/mol. The highest BCUT2D eigenvalue weighted by Crippen LogP contribution is 2.61. The molecule has 2 nitrogen and oxygen atoms in total. The van der Waals surface area contributed by atoms with Crippen LogP contribution in [0.1, 0.15) is 58.3 Å². The molecule has 2 heteroatoms. The van der Waals surface area contributed by atoms with Crippen molar-refractivity contribution in [2.45, 2.75) is 58.3 Å². The Labute approximate surface area is 104 Å². The van der Waals surface area contributed by atoms with Gasteiger partial charge in [0, 0.05) is 6.42 Å². The fourth-order valence-electron chi connectivity index (χ4n) is 5.20. The van der Waals surface area contributed by atoms with Crippen LogP contribution in [0.5, 0.6) is 0 Å². The lowest BCUT2D eigenvalue weighted by Crippen LogP contribution is -2.46. The largest absolute Gasteiger partial charge is 0.466 e. The summed E-state index contributed by atoms with van der Waals surface area (Å²) in [5.41, 5.74) is 0.529. The summed E-state index contributed by atoms with van der Waals surface area (Å²) in [5.74, 6) is 2.98. The first-order chi connectivity index (χ1) is 8.19. The third-order valence-electron chi connectivity index (χ3n) is 5.33. The monoisotopic (exact) mass is 236 g/mol. The van der Waals surface area contributed by atoms with E-state index in [9.17, 15) is 4.79 Å². The number of ether oxygens (including phenoxy) is 1. The molecule has 0 unspecified atom stereocenters. The molecule has 0 aliphatic heterocycles. The molecule has 4 fully saturated rings. The van der Waals surface area contributed by atoms with Crippen molar-refractivity contribution in [3.05, 3.63) is 0 Å². The quantitative estimate of drug-likeness (QED) is 0.698. The Hall–Kier alpha value is -0.530. The smallest absolute Gasteiger partial charge is 0.305 e. The zero-order valence-electron chi connectivity index (χ0n) is 10.9. The molecule has 0 amide bonds. The van der Waals surface area contributed by atoms with Crippen LogP contribution in [0.3, 0.4) is 0 Å². The molecule has 96 valence electrons. The SMILES string of the molecule is CCOC(=O)CCC12CC3CC(CC(C3)C1)C2. The van der Waals surface area contributed by atoms with Crippen LogP contribution in [0.2, 0.25) is 0 Å². The predicted octanol–water partition coefficient (Wildman–Crippen LogP) is 3.55. The van der Waals surface area contributed by atoms with Gasteiger partial charge in [0.05, 0.1) is 6.61 Å². The van der Waals surface area contributed by atoms with Crippen LogP contribution in [0.4, 0.5) is 0 Å². The summed E-state index contributed by atoms with van der Waals surface area (Å²) in [5, 5.41) is 0. The maximum absolute atomic E-state index is 11.5. The summed E-state index contributed by atoms with van der Waals surface area (Å²) in [7, 11) is 0. The van der Waals surface area contributed by atoms with E-state index in [0.717, 1.165) is 24.2 Å². The molecule has 4 bridgehead atoms. The van der Waals surface area contributed by atoms with E-state index < -0.39 is 0 Å². The molecule has 4 rings (SSSR count). The molecule has 0 saturated heterocycles. The number of esters is 1. The third kappa shape index (κ3) is 2.23. The van der Waals surface area contributed by atoms with Gasteiger partial charge in [0.15, 0.2) is 0 Å². The molecule has 0 radical (unpaired) electrons. The topological polar surface area (TPSA) is 26.3 Å². The van der Waals surface area contributed by atoms with E-state index in [0.29, 0.717) is 18.4 Å². The molecule has 0 heterocycles. The molecule has 0 aromatic heterocycles. The van der Waals surface area contributed by atoms with Gasteiger partial charge in [0.1, 0.15) is 0 Å². The number of hydrogen-bond acceptors (Lipinski definition) is 2. The summed E-state index contributed by atoms with van der Waals surface area (Å²) < 4.78 is 5.07. The second kappa shape index (κ2) is 4.29. The van der Waals surface area contributed by atoms with Crippen molar-refractivity contribution in [3.8, 4) is 0 Å². The number of carbonyl (C=O) groups excluding carboxylic acids is 1. The van der Waals surface area contributed by atoms with Crippen LogP contribution in [0.25, 0.3) is 0 Å². The van der Waals surface area contributed by atoms with E-state index in [1.54, 1.807) is 0 Å². The second-order valence-electron chi connectivity index (χ2n) is 6.72. The highest BCUT2D eigenvalue weighted by Gasteiger charge is 2.50. The van der Waals surface area contributed by atoms with Gasteiger partial charge in [-0.15, -0.1) is 0 Å². The Balaban J connectivity index is 1.60. The fourth-order valence-corrected chi connectivity index (χ4v) is 5.20. The van der Waals surface area contributed by atoms with Gasteiger partial charge in [0.25, 0.3) is 0 Å². The van der Waals surface area contributed by atoms with Gasteiger partial charge in [-0.25, -0.2) is 0 Å². The van der Waals surface area contributed by atoms with E-state index >= 15 is 0 Å². The lowest BCUT2D eigenvalue weighted by atomic mass is 9.48. The summed E-state index contributed by atoms with van der Waals surface area (Å²) in [6.45, 7) is 2.42. The zero-order chi connectivity index (χ0) is 11.9. The van der Waals surface area contributed by atoms with E-state index in [-0.39, 0.29) is 5.97 Å². The van der Waals surface area contributed by atoms with Crippen LogP contribution >= 0.6 is 0 Å². The van der Waals surface area contributed by atoms with E-state index in [2.05, 4.69) is 0 Å². The minimum Gasteiger partial charge on any atom is -0.466 e. The summed E-state index contributed by atoms with van der Waals surface area (Å²) in [6.07, 6.45) is 10.4. The minimum atomic E-state index is 0.0169. The number of carbonyl (C=O) groups is 1. The molecule has 17 heavy (non-hydrogen) atoms. The summed E-state index contributed by atoms with van der Waals surface area (Å²) in [6, 6.07) is 0. The Morgan fingerprint density at radius 1 is 1.12 bits per heavy atom.